The quantitative estimate of drug-likeness (QED) is 0.564. The van der Waals surface area contributed by atoms with E-state index in [1.165, 1.54) is 0 Å². The SMILES string of the molecule is C=C(N=CCC)NC(=O)Nc1ccc2c(c1)B(O)OC2. The number of hydrogen-bond acceptors (Lipinski definition) is 4. The van der Waals surface area contributed by atoms with Gasteiger partial charge in [-0.25, -0.2) is 9.79 Å². The van der Waals surface area contributed by atoms with Gasteiger partial charge in [-0.05, 0) is 29.6 Å². The molecule has 0 aliphatic carbocycles. The van der Waals surface area contributed by atoms with Gasteiger partial charge in [0.15, 0.2) is 0 Å². The Balaban J connectivity index is 1.97. The van der Waals surface area contributed by atoms with Gasteiger partial charge < -0.3 is 15.0 Å². The van der Waals surface area contributed by atoms with Gasteiger partial charge in [-0.1, -0.05) is 19.6 Å². The van der Waals surface area contributed by atoms with E-state index in [-0.39, 0.29) is 5.82 Å². The number of rotatable bonds is 4. The van der Waals surface area contributed by atoms with Crippen LogP contribution in [0.2, 0.25) is 0 Å². The van der Waals surface area contributed by atoms with Crippen LogP contribution in [0.4, 0.5) is 10.5 Å². The lowest BCUT2D eigenvalue weighted by Crippen LogP contribution is -2.30. The molecule has 1 aliphatic rings. The molecule has 3 N–H and O–H groups in total. The van der Waals surface area contributed by atoms with E-state index in [1.54, 1.807) is 18.3 Å². The lowest BCUT2D eigenvalue weighted by Gasteiger charge is -2.08. The number of urea groups is 1. The average Bonchev–Trinajstić information content (AvgIpc) is 2.78. The Kier molecular flexibility index (Phi) is 4.55. The van der Waals surface area contributed by atoms with Gasteiger partial charge >= 0.3 is 13.1 Å². The van der Waals surface area contributed by atoms with Crippen LogP contribution in [0.25, 0.3) is 0 Å². The lowest BCUT2D eigenvalue weighted by atomic mass is 9.79. The normalized spacial score (nSPS) is 13.4. The molecule has 1 aliphatic heterocycles. The van der Waals surface area contributed by atoms with E-state index >= 15 is 0 Å². The predicted molar refractivity (Wildman–Crippen MR) is 78.9 cm³/mol. The number of hydrogen-bond donors (Lipinski definition) is 3. The summed E-state index contributed by atoms with van der Waals surface area (Å²) in [6, 6.07) is 4.81. The zero-order valence-electron chi connectivity index (χ0n) is 11.2. The number of nitrogens with one attached hydrogen (secondary N) is 2. The van der Waals surface area contributed by atoms with Crippen LogP contribution in [0.3, 0.4) is 0 Å². The second-order valence-corrected chi connectivity index (χ2v) is 4.32. The number of nitrogens with zero attached hydrogens (tertiary/aromatic N) is 1. The maximum Gasteiger partial charge on any atom is 0.491 e. The Bertz CT molecular complexity index is 560. The molecular weight excluding hydrogens is 257 g/mol. The Labute approximate surface area is 117 Å². The highest BCUT2D eigenvalue weighted by Gasteiger charge is 2.27. The Morgan fingerprint density at radius 2 is 2.45 bits per heavy atom. The molecule has 6 nitrogen and oxygen atoms in total. The predicted octanol–water partition coefficient (Wildman–Crippen LogP) is 0.978. The summed E-state index contributed by atoms with van der Waals surface area (Å²) in [5, 5.41) is 14.8. The monoisotopic (exact) mass is 273 g/mol. The number of amides is 2. The zero-order valence-corrected chi connectivity index (χ0v) is 11.2. The van der Waals surface area contributed by atoms with E-state index in [4.69, 9.17) is 4.65 Å². The second-order valence-electron chi connectivity index (χ2n) is 4.32. The molecule has 0 spiro atoms. The summed E-state index contributed by atoms with van der Waals surface area (Å²) in [5.41, 5.74) is 2.16. The number of aliphatic imine (C=N–C) groups is 1. The number of anilines is 1. The van der Waals surface area contributed by atoms with Gasteiger partial charge in [0.05, 0.1) is 6.61 Å². The molecule has 0 saturated carbocycles. The number of benzene rings is 1. The van der Waals surface area contributed by atoms with Crippen LogP contribution in [0.15, 0.2) is 35.6 Å². The Morgan fingerprint density at radius 1 is 1.65 bits per heavy atom. The summed E-state index contributed by atoms with van der Waals surface area (Å²) in [6.07, 6.45) is 2.43. The first-order valence-electron chi connectivity index (χ1n) is 6.32. The van der Waals surface area contributed by atoms with Gasteiger partial charge in [0.1, 0.15) is 5.82 Å². The van der Waals surface area contributed by atoms with Gasteiger partial charge in [0.25, 0.3) is 0 Å². The average molecular weight is 273 g/mol. The summed E-state index contributed by atoms with van der Waals surface area (Å²) < 4.78 is 5.09. The van der Waals surface area contributed by atoms with Crippen molar-refractivity contribution in [3.8, 4) is 0 Å². The van der Waals surface area contributed by atoms with Crippen molar-refractivity contribution in [3.63, 3.8) is 0 Å². The zero-order chi connectivity index (χ0) is 14.5. The smallest absolute Gasteiger partial charge is 0.423 e. The van der Waals surface area contributed by atoms with E-state index in [0.29, 0.717) is 17.8 Å². The first kappa shape index (κ1) is 14.3. The van der Waals surface area contributed by atoms with Crippen molar-refractivity contribution in [3.05, 3.63) is 36.2 Å². The molecule has 1 aromatic carbocycles. The fraction of sp³-hybridized carbons (Fsp3) is 0.231. The summed E-state index contributed by atoms with van der Waals surface area (Å²) in [7, 11) is -0.932. The lowest BCUT2D eigenvalue weighted by molar-refractivity contribution is 0.254. The van der Waals surface area contributed by atoms with Crippen molar-refractivity contribution in [2.45, 2.75) is 20.0 Å². The number of carbonyl (C=O) groups is 1. The molecule has 1 heterocycles. The Morgan fingerprint density at radius 3 is 3.20 bits per heavy atom. The van der Waals surface area contributed by atoms with Gasteiger partial charge in [-0.3, -0.25) is 5.32 Å². The molecule has 0 radical (unpaired) electrons. The number of carbonyl (C=O) groups excluding carboxylic acids is 1. The minimum absolute atomic E-state index is 0.272. The summed E-state index contributed by atoms with van der Waals surface area (Å²) in [6.45, 7) is 5.93. The molecule has 0 atom stereocenters. The van der Waals surface area contributed by atoms with Crippen LogP contribution in [0.1, 0.15) is 18.9 Å². The molecular formula is C13H16BN3O3. The molecule has 0 saturated heterocycles. The van der Waals surface area contributed by atoms with Crippen molar-refractivity contribution >= 4 is 30.5 Å². The van der Waals surface area contributed by atoms with Gasteiger partial charge in [-0.2, -0.15) is 0 Å². The topological polar surface area (TPSA) is 83.0 Å². The molecule has 0 aromatic heterocycles. The summed E-state index contributed by atoms with van der Waals surface area (Å²) >= 11 is 0. The van der Waals surface area contributed by atoms with E-state index in [9.17, 15) is 9.82 Å². The highest BCUT2D eigenvalue weighted by atomic mass is 16.5. The highest BCUT2D eigenvalue weighted by molar-refractivity contribution is 6.61. The molecule has 1 aromatic rings. The van der Waals surface area contributed by atoms with Gasteiger partial charge in [-0.15, -0.1) is 0 Å². The third-order valence-electron chi connectivity index (χ3n) is 2.75. The molecule has 2 rings (SSSR count). The molecule has 104 valence electrons. The van der Waals surface area contributed by atoms with Crippen LogP contribution < -0.4 is 16.1 Å². The van der Waals surface area contributed by atoms with E-state index in [2.05, 4.69) is 22.2 Å². The van der Waals surface area contributed by atoms with Crippen LogP contribution in [-0.4, -0.2) is 24.4 Å². The maximum atomic E-state index is 11.7. The van der Waals surface area contributed by atoms with Crippen molar-refractivity contribution in [2.75, 3.05) is 5.32 Å². The van der Waals surface area contributed by atoms with Crippen LogP contribution in [0, 0.1) is 0 Å². The van der Waals surface area contributed by atoms with E-state index in [0.717, 1.165) is 12.0 Å². The molecule has 7 heteroatoms. The minimum Gasteiger partial charge on any atom is -0.423 e. The fourth-order valence-corrected chi connectivity index (χ4v) is 1.82. The Hall–Kier alpha value is -2.12. The van der Waals surface area contributed by atoms with E-state index < -0.39 is 13.1 Å². The van der Waals surface area contributed by atoms with Crippen LogP contribution in [-0.2, 0) is 11.3 Å². The molecule has 0 fully saturated rings. The largest absolute Gasteiger partial charge is 0.491 e. The molecule has 2 amide bonds. The van der Waals surface area contributed by atoms with Crippen molar-refractivity contribution < 1.29 is 14.5 Å². The van der Waals surface area contributed by atoms with Gasteiger partial charge in [0.2, 0.25) is 0 Å². The third-order valence-corrected chi connectivity index (χ3v) is 2.75. The van der Waals surface area contributed by atoms with Crippen molar-refractivity contribution in [1.29, 1.82) is 0 Å². The minimum atomic E-state index is -0.932. The third kappa shape index (κ3) is 3.46. The van der Waals surface area contributed by atoms with Crippen molar-refractivity contribution in [2.24, 2.45) is 4.99 Å². The highest BCUT2D eigenvalue weighted by Crippen LogP contribution is 2.14. The molecule has 0 bridgehead atoms. The molecule has 20 heavy (non-hydrogen) atoms. The van der Waals surface area contributed by atoms with Gasteiger partial charge in [0, 0.05) is 11.9 Å². The first-order valence-corrected chi connectivity index (χ1v) is 6.32. The van der Waals surface area contributed by atoms with Crippen LogP contribution in [0.5, 0.6) is 0 Å². The standard InChI is InChI=1S/C13H16BN3O3/c1-3-6-15-9(2)16-13(18)17-11-5-4-10-8-20-14(19)12(10)7-11/h4-7,19H,2-3,8H2,1H3,(H2,16,17,18). The fourth-order valence-electron chi connectivity index (χ4n) is 1.82. The maximum absolute atomic E-state index is 11.7. The number of fused-ring (bicyclic) bond motifs is 1. The van der Waals surface area contributed by atoms with E-state index in [1.807, 2.05) is 13.0 Å². The first-order chi connectivity index (χ1) is 9.60. The summed E-state index contributed by atoms with van der Waals surface area (Å²) in [5.74, 6) is 0.272. The molecule has 0 unspecified atom stereocenters. The second kappa shape index (κ2) is 6.36. The summed E-state index contributed by atoms with van der Waals surface area (Å²) in [4.78, 5) is 15.7. The van der Waals surface area contributed by atoms with Crippen molar-refractivity contribution in [1.82, 2.24) is 5.32 Å². The van der Waals surface area contributed by atoms with Crippen LogP contribution >= 0.6 is 0 Å².